The van der Waals surface area contributed by atoms with E-state index in [1.165, 1.54) is 12.1 Å². The third-order valence-electron chi connectivity index (χ3n) is 3.67. The van der Waals surface area contributed by atoms with Gasteiger partial charge in [-0.05, 0) is 36.4 Å². The average molecular weight is 296 g/mol. The van der Waals surface area contributed by atoms with Crippen LogP contribution in [-0.2, 0) is 6.54 Å². The van der Waals surface area contributed by atoms with E-state index >= 15 is 0 Å². The molecule has 0 N–H and O–H groups in total. The molecule has 1 aromatic heterocycles. The maximum Gasteiger partial charge on any atom is 0.161 e. The highest BCUT2D eigenvalue weighted by atomic mass is 19.1. The molecule has 0 atom stereocenters. The normalized spacial score (nSPS) is 13.6. The summed E-state index contributed by atoms with van der Waals surface area (Å²) in [6, 6.07) is 12.5. The number of nitrogens with zero attached hydrogens (tertiary/aromatic N) is 4. The molecule has 6 heteroatoms. The number of rotatable bonds is 2. The Bertz CT molecular complexity index is 804. The van der Waals surface area contributed by atoms with Crippen LogP contribution in [0.3, 0.4) is 0 Å². The smallest absolute Gasteiger partial charge is 0.161 e. The van der Waals surface area contributed by atoms with Gasteiger partial charge in [-0.15, -0.1) is 10.2 Å². The molecule has 4 rings (SSSR count). The Labute approximate surface area is 126 Å². The van der Waals surface area contributed by atoms with E-state index in [4.69, 9.17) is 4.74 Å². The minimum absolute atomic E-state index is 0.249. The average Bonchev–Trinajstić information content (AvgIpc) is 3.08. The summed E-state index contributed by atoms with van der Waals surface area (Å²) in [6.07, 6.45) is 3.30. The monoisotopic (exact) mass is 296 g/mol. The second-order valence-electron chi connectivity index (χ2n) is 5.11. The summed E-state index contributed by atoms with van der Waals surface area (Å²) in [7, 11) is 0. The summed E-state index contributed by atoms with van der Waals surface area (Å²) in [4.78, 5) is 1.99. The van der Waals surface area contributed by atoms with E-state index in [1.54, 1.807) is 18.7 Å². The second kappa shape index (κ2) is 5.14. The number of hydrogen-bond acceptors (Lipinski definition) is 4. The van der Waals surface area contributed by atoms with Gasteiger partial charge in [-0.1, -0.05) is 6.07 Å². The molecule has 0 unspecified atom stereocenters. The Morgan fingerprint density at radius 2 is 1.86 bits per heavy atom. The topological polar surface area (TPSA) is 43.2 Å². The maximum absolute atomic E-state index is 13.4. The van der Waals surface area contributed by atoms with Gasteiger partial charge in [0.05, 0.1) is 0 Å². The fraction of sp³-hybridized carbons (Fsp3) is 0.125. The zero-order valence-corrected chi connectivity index (χ0v) is 11.7. The first kappa shape index (κ1) is 12.8. The Morgan fingerprint density at radius 1 is 1.00 bits per heavy atom. The first-order valence-electron chi connectivity index (χ1n) is 6.91. The van der Waals surface area contributed by atoms with Gasteiger partial charge in [0.25, 0.3) is 0 Å². The van der Waals surface area contributed by atoms with Crippen molar-refractivity contribution in [3.63, 3.8) is 0 Å². The lowest BCUT2D eigenvalue weighted by atomic mass is 10.1. The van der Waals surface area contributed by atoms with E-state index in [2.05, 4.69) is 10.2 Å². The van der Waals surface area contributed by atoms with Crippen molar-refractivity contribution in [1.29, 1.82) is 0 Å². The van der Waals surface area contributed by atoms with Crippen LogP contribution >= 0.6 is 0 Å². The van der Waals surface area contributed by atoms with Gasteiger partial charge in [0, 0.05) is 23.5 Å². The van der Waals surface area contributed by atoms with Crippen LogP contribution < -0.4 is 9.64 Å². The Hall–Kier alpha value is -2.89. The van der Waals surface area contributed by atoms with Crippen molar-refractivity contribution in [2.75, 3.05) is 11.6 Å². The molecular weight excluding hydrogens is 283 g/mol. The van der Waals surface area contributed by atoms with Gasteiger partial charge in [-0.2, -0.15) is 0 Å². The van der Waals surface area contributed by atoms with E-state index in [9.17, 15) is 4.39 Å². The number of benzene rings is 2. The molecule has 0 saturated heterocycles. The van der Waals surface area contributed by atoms with Gasteiger partial charge in [0.2, 0.25) is 0 Å². The predicted molar refractivity (Wildman–Crippen MR) is 79.4 cm³/mol. The highest BCUT2D eigenvalue weighted by Gasteiger charge is 2.18. The van der Waals surface area contributed by atoms with Crippen LogP contribution in [0.1, 0.15) is 5.56 Å². The maximum atomic E-state index is 13.4. The SMILES string of the molecule is Fc1cccc(N2COc3ccc(-n4cnnc4)cc3C2)c1. The molecule has 110 valence electrons. The molecule has 0 radical (unpaired) electrons. The van der Waals surface area contributed by atoms with Crippen LogP contribution in [0.2, 0.25) is 0 Å². The van der Waals surface area contributed by atoms with Gasteiger partial charge in [-0.25, -0.2) is 4.39 Å². The second-order valence-corrected chi connectivity index (χ2v) is 5.11. The molecule has 0 aliphatic carbocycles. The van der Waals surface area contributed by atoms with Crippen molar-refractivity contribution in [2.45, 2.75) is 6.54 Å². The number of anilines is 1. The molecule has 1 aliphatic heterocycles. The molecule has 2 heterocycles. The van der Waals surface area contributed by atoms with Crippen LogP contribution in [0.15, 0.2) is 55.1 Å². The van der Waals surface area contributed by atoms with Gasteiger partial charge >= 0.3 is 0 Å². The summed E-state index contributed by atoms with van der Waals surface area (Å²) in [6.45, 7) is 1.07. The van der Waals surface area contributed by atoms with Crippen molar-refractivity contribution in [3.05, 3.63) is 66.5 Å². The summed E-state index contributed by atoms with van der Waals surface area (Å²) >= 11 is 0. The molecule has 0 amide bonds. The van der Waals surface area contributed by atoms with Crippen LogP contribution in [0, 0.1) is 5.82 Å². The molecule has 0 fully saturated rings. The fourth-order valence-corrected chi connectivity index (χ4v) is 2.56. The van der Waals surface area contributed by atoms with Crippen molar-refractivity contribution in [3.8, 4) is 11.4 Å². The molecule has 5 nitrogen and oxygen atoms in total. The lowest BCUT2D eigenvalue weighted by Crippen LogP contribution is -2.31. The van der Waals surface area contributed by atoms with Crippen LogP contribution in [0.25, 0.3) is 5.69 Å². The zero-order chi connectivity index (χ0) is 14.9. The molecule has 22 heavy (non-hydrogen) atoms. The van der Waals surface area contributed by atoms with Crippen LogP contribution in [0.5, 0.6) is 5.75 Å². The standard InChI is InChI=1S/C16H13FN4O/c17-13-2-1-3-14(7-13)20-8-12-6-15(21-9-18-19-10-21)4-5-16(12)22-11-20/h1-7,9-10H,8,11H2. The zero-order valence-electron chi connectivity index (χ0n) is 11.7. The van der Waals surface area contributed by atoms with E-state index in [0.717, 1.165) is 22.7 Å². The minimum atomic E-state index is -0.249. The lowest BCUT2D eigenvalue weighted by molar-refractivity contribution is 0.289. The van der Waals surface area contributed by atoms with Gasteiger partial charge in [0.15, 0.2) is 6.73 Å². The number of fused-ring (bicyclic) bond motifs is 1. The van der Waals surface area contributed by atoms with Gasteiger partial charge < -0.3 is 9.64 Å². The summed E-state index contributed by atoms with van der Waals surface area (Å²) in [5, 5.41) is 7.62. The fourth-order valence-electron chi connectivity index (χ4n) is 2.56. The first-order valence-corrected chi connectivity index (χ1v) is 6.91. The quantitative estimate of drug-likeness (QED) is 0.729. The third-order valence-corrected chi connectivity index (χ3v) is 3.67. The van der Waals surface area contributed by atoms with E-state index < -0.39 is 0 Å². The summed E-state index contributed by atoms with van der Waals surface area (Å²) in [5.41, 5.74) is 2.82. The van der Waals surface area contributed by atoms with E-state index in [-0.39, 0.29) is 5.82 Å². The molecule has 1 aliphatic rings. The molecular formula is C16H13FN4O. The van der Waals surface area contributed by atoms with Crippen molar-refractivity contribution in [2.24, 2.45) is 0 Å². The lowest BCUT2D eigenvalue weighted by Gasteiger charge is -2.31. The molecule has 0 saturated carbocycles. The van der Waals surface area contributed by atoms with E-state index in [0.29, 0.717) is 13.3 Å². The minimum Gasteiger partial charge on any atom is -0.473 e. The highest BCUT2D eigenvalue weighted by Crippen LogP contribution is 2.30. The Kier molecular flexibility index (Phi) is 3.00. The molecule has 0 bridgehead atoms. The largest absolute Gasteiger partial charge is 0.473 e. The summed E-state index contributed by atoms with van der Waals surface area (Å²) < 4.78 is 21.0. The summed E-state index contributed by atoms with van der Waals surface area (Å²) in [5.74, 6) is 0.603. The molecule has 3 aromatic rings. The predicted octanol–water partition coefficient (Wildman–Crippen LogP) is 2.76. The van der Waals surface area contributed by atoms with Crippen molar-refractivity contribution in [1.82, 2.24) is 14.8 Å². The van der Waals surface area contributed by atoms with Crippen molar-refractivity contribution < 1.29 is 9.13 Å². The Morgan fingerprint density at radius 3 is 2.68 bits per heavy atom. The van der Waals surface area contributed by atoms with Crippen LogP contribution in [-0.4, -0.2) is 21.5 Å². The first-order chi connectivity index (χ1) is 10.8. The number of aromatic nitrogens is 3. The van der Waals surface area contributed by atoms with E-state index in [1.807, 2.05) is 33.7 Å². The number of ether oxygens (including phenoxy) is 1. The third kappa shape index (κ3) is 2.28. The Balaban J connectivity index is 1.66. The molecule has 0 spiro atoms. The van der Waals surface area contributed by atoms with Gasteiger partial charge in [-0.3, -0.25) is 4.57 Å². The van der Waals surface area contributed by atoms with Gasteiger partial charge in [0.1, 0.15) is 24.2 Å². The number of halogens is 1. The van der Waals surface area contributed by atoms with Crippen LogP contribution in [0.4, 0.5) is 10.1 Å². The highest BCUT2D eigenvalue weighted by molar-refractivity contribution is 5.52. The van der Waals surface area contributed by atoms with Crippen molar-refractivity contribution >= 4 is 5.69 Å². The number of hydrogen-bond donors (Lipinski definition) is 0. The molecule has 2 aromatic carbocycles.